The van der Waals surface area contributed by atoms with E-state index in [4.69, 9.17) is 23.2 Å². The fraction of sp³-hybridized carbons (Fsp3) is 0.167. The first-order chi connectivity index (χ1) is 16.7. The van der Waals surface area contributed by atoms with E-state index in [1.807, 2.05) is 0 Å². The second kappa shape index (κ2) is 11.1. The number of hydrogen-bond acceptors (Lipinski definition) is 3. The first-order valence-corrected chi connectivity index (χ1v) is 11.8. The SMILES string of the molecule is O=C(CSc1ccc(C(=O)/C=C(\c2cc(Cl)cc(Cl)c2)C(F)(F)F)c2ccccc12)NCC(F)(F)F. The summed E-state index contributed by atoms with van der Waals surface area (Å²) in [6.45, 7) is -1.47. The third-order valence-corrected chi connectivity index (χ3v) is 6.26. The lowest BCUT2D eigenvalue weighted by Crippen LogP contribution is -2.34. The fourth-order valence-corrected chi connectivity index (χ4v) is 4.66. The van der Waals surface area contributed by atoms with E-state index in [0.717, 1.165) is 23.9 Å². The van der Waals surface area contributed by atoms with Gasteiger partial charge >= 0.3 is 12.4 Å². The van der Waals surface area contributed by atoms with Crippen LogP contribution in [0.2, 0.25) is 10.0 Å². The van der Waals surface area contributed by atoms with Crippen LogP contribution in [0.3, 0.4) is 0 Å². The zero-order valence-electron chi connectivity index (χ0n) is 17.9. The topological polar surface area (TPSA) is 46.2 Å². The van der Waals surface area contributed by atoms with Crippen LogP contribution in [0.15, 0.2) is 65.6 Å². The third-order valence-electron chi connectivity index (χ3n) is 4.75. The molecule has 0 atom stereocenters. The van der Waals surface area contributed by atoms with Gasteiger partial charge in [-0.15, -0.1) is 11.8 Å². The van der Waals surface area contributed by atoms with Crippen molar-refractivity contribution in [2.45, 2.75) is 17.2 Å². The lowest BCUT2D eigenvalue weighted by molar-refractivity contribution is -0.136. The van der Waals surface area contributed by atoms with Crippen LogP contribution < -0.4 is 5.32 Å². The summed E-state index contributed by atoms with van der Waals surface area (Å²) in [5.41, 5.74) is -1.65. The number of thioether (sulfide) groups is 1. The molecule has 0 aliphatic rings. The molecule has 0 aromatic heterocycles. The van der Waals surface area contributed by atoms with Crippen molar-refractivity contribution in [2.24, 2.45) is 0 Å². The number of hydrogen-bond donors (Lipinski definition) is 1. The Morgan fingerprint density at radius 1 is 0.889 bits per heavy atom. The highest BCUT2D eigenvalue weighted by Crippen LogP contribution is 2.37. The van der Waals surface area contributed by atoms with Crippen molar-refractivity contribution in [1.82, 2.24) is 5.32 Å². The van der Waals surface area contributed by atoms with Crippen LogP contribution in [-0.4, -0.2) is 36.3 Å². The normalized spacial score (nSPS) is 12.6. The van der Waals surface area contributed by atoms with E-state index in [0.29, 0.717) is 21.7 Å². The van der Waals surface area contributed by atoms with Crippen molar-refractivity contribution in [3.8, 4) is 0 Å². The van der Waals surface area contributed by atoms with E-state index in [1.165, 1.54) is 24.3 Å². The lowest BCUT2D eigenvalue weighted by Gasteiger charge is -2.14. The van der Waals surface area contributed by atoms with Crippen LogP contribution in [0.4, 0.5) is 26.3 Å². The van der Waals surface area contributed by atoms with Crippen molar-refractivity contribution < 1.29 is 35.9 Å². The summed E-state index contributed by atoms with van der Waals surface area (Å²) in [5.74, 6) is -2.12. The maximum Gasteiger partial charge on any atom is 0.417 e. The number of carbonyl (C=O) groups excluding carboxylic acids is 2. The highest BCUT2D eigenvalue weighted by molar-refractivity contribution is 8.00. The smallest absolute Gasteiger partial charge is 0.346 e. The maximum absolute atomic E-state index is 13.8. The molecule has 3 aromatic rings. The Morgan fingerprint density at radius 3 is 2.08 bits per heavy atom. The van der Waals surface area contributed by atoms with E-state index >= 15 is 0 Å². The molecule has 36 heavy (non-hydrogen) atoms. The summed E-state index contributed by atoms with van der Waals surface area (Å²) < 4.78 is 78.3. The Labute approximate surface area is 215 Å². The van der Waals surface area contributed by atoms with Gasteiger partial charge in [0.2, 0.25) is 5.91 Å². The lowest BCUT2D eigenvalue weighted by atomic mass is 9.97. The molecule has 0 heterocycles. The van der Waals surface area contributed by atoms with Crippen LogP contribution >= 0.6 is 35.0 Å². The zero-order valence-corrected chi connectivity index (χ0v) is 20.3. The molecule has 3 aromatic carbocycles. The number of allylic oxidation sites excluding steroid dienone is 2. The molecule has 0 aliphatic heterocycles. The van der Waals surface area contributed by atoms with Crippen molar-refractivity contribution >= 4 is 63.0 Å². The second-order valence-electron chi connectivity index (χ2n) is 7.42. The predicted molar refractivity (Wildman–Crippen MR) is 129 cm³/mol. The molecule has 3 rings (SSSR count). The Morgan fingerprint density at radius 2 is 1.50 bits per heavy atom. The number of ketones is 1. The predicted octanol–water partition coefficient (Wildman–Crippen LogP) is 7.75. The van der Waals surface area contributed by atoms with Gasteiger partial charge in [0.15, 0.2) is 5.78 Å². The molecule has 0 saturated heterocycles. The van der Waals surface area contributed by atoms with Crippen LogP contribution in [0.1, 0.15) is 15.9 Å². The molecule has 0 spiro atoms. The third kappa shape index (κ3) is 7.41. The summed E-state index contributed by atoms with van der Waals surface area (Å²) in [6.07, 6.45) is -8.98. The molecule has 0 unspecified atom stereocenters. The number of alkyl halides is 6. The molecule has 190 valence electrons. The number of carbonyl (C=O) groups is 2. The van der Waals surface area contributed by atoms with Crippen molar-refractivity contribution in [1.29, 1.82) is 0 Å². The van der Waals surface area contributed by atoms with Crippen molar-refractivity contribution in [2.75, 3.05) is 12.3 Å². The number of amides is 1. The highest BCUT2D eigenvalue weighted by atomic mass is 35.5. The van der Waals surface area contributed by atoms with Crippen LogP contribution in [0.25, 0.3) is 16.3 Å². The molecular formula is C24H15Cl2F6NO2S. The van der Waals surface area contributed by atoms with E-state index in [2.05, 4.69) is 0 Å². The molecule has 0 fully saturated rings. The van der Waals surface area contributed by atoms with Gasteiger partial charge in [-0.2, -0.15) is 26.3 Å². The van der Waals surface area contributed by atoms with Crippen molar-refractivity contribution in [3.63, 3.8) is 0 Å². The average Bonchev–Trinajstić information content (AvgIpc) is 2.77. The highest BCUT2D eigenvalue weighted by Gasteiger charge is 2.36. The zero-order chi connectivity index (χ0) is 26.7. The van der Waals surface area contributed by atoms with Gasteiger partial charge in [-0.05, 0) is 52.7 Å². The number of benzene rings is 3. The molecule has 3 nitrogen and oxygen atoms in total. The van der Waals surface area contributed by atoms with Gasteiger partial charge in [0.25, 0.3) is 0 Å². The van der Waals surface area contributed by atoms with Crippen LogP contribution in [0.5, 0.6) is 0 Å². The molecule has 0 saturated carbocycles. The average molecular weight is 566 g/mol. The largest absolute Gasteiger partial charge is 0.417 e. The maximum atomic E-state index is 13.8. The summed E-state index contributed by atoms with van der Waals surface area (Å²) in [5, 5.41) is 2.44. The van der Waals surface area contributed by atoms with E-state index in [-0.39, 0.29) is 26.9 Å². The standard InChI is InChI=1S/C24H15Cl2F6NO2S/c25-14-7-13(8-15(26)9-14)19(24(30,31)32)10-20(34)17-5-6-21(18-4-2-1-3-16(17)18)36-11-22(35)33-12-23(27,28)29/h1-10H,11-12H2,(H,33,35)/b19-10+. The number of rotatable bonds is 7. The molecular weight excluding hydrogens is 551 g/mol. The summed E-state index contributed by atoms with van der Waals surface area (Å²) in [6, 6.07) is 12.4. The van der Waals surface area contributed by atoms with Gasteiger partial charge in [-0.25, -0.2) is 0 Å². The van der Waals surface area contributed by atoms with Gasteiger partial charge in [-0.3, -0.25) is 9.59 Å². The Kier molecular flexibility index (Phi) is 8.63. The first kappa shape index (κ1) is 27.9. The van der Waals surface area contributed by atoms with Gasteiger partial charge in [-0.1, -0.05) is 47.5 Å². The minimum absolute atomic E-state index is 0.0358. The summed E-state index contributed by atoms with van der Waals surface area (Å²) in [4.78, 5) is 25.2. The Bertz CT molecular complexity index is 1320. The monoisotopic (exact) mass is 565 g/mol. The van der Waals surface area contributed by atoms with Gasteiger partial charge < -0.3 is 5.32 Å². The molecule has 1 amide bonds. The quantitative estimate of drug-likeness (QED) is 0.138. The van der Waals surface area contributed by atoms with E-state index < -0.39 is 36.2 Å². The molecule has 0 aliphatic carbocycles. The second-order valence-corrected chi connectivity index (χ2v) is 9.31. The molecule has 1 N–H and O–H groups in total. The van der Waals surface area contributed by atoms with Crippen molar-refractivity contribution in [3.05, 3.63) is 81.8 Å². The molecule has 0 radical (unpaired) electrons. The van der Waals surface area contributed by atoms with Gasteiger partial charge in [0.1, 0.15) is 6.54 Å². The number of nitrogens with one attached hydrogen (secondary N) is 1. The minimum atomic E-state index is -4.89. The summed E-state index contributed by atoms with van der Waals surface area (Å²) in [7, 11) is 0. The van der Waals surface area contributed by atoms with Gasteiger partial charge in [0.05, 0.1) is 11.3 Å². The summed E-state index contributed by atoms with van der Waals surface area (Å²) >= 11 is 12.6. The Hall–Kier alpha value is -2.69. The van der Waals surface area contributed by atoms with E-state index in [9.17, 15) is 35.9 Å². The first-order valence-electron chi connectivity index (χ1n) is 10.0. The molecule has 0 bridgehead atoms. The fourth-order valence-electron chi connectivity index (χ4n) is 3.25. The van der Waals surface area contributed by atoms with E-state index in [1.54, 1.807) is 23.5 Å². The number of fused-ring (bicyclic) bond motifs is 1. The number of halogens is 8. The Balaban J connectivity index is 1.94. The minimum Gasteiger partial charge on any atom is -0.346 e. The van der Waals surface area contributed by atoms with Crippen LogP contribution in [-0.2, 0) is 4.79 Å². The van der Waals surface area contributed by atoms with Gasteiger partial charge in [0, 0.05) is 20.5 Å². The van der Waals surface area contributed by atoms with Crippen LogP contribution in [0, 0.1) is 0 Å². The molecule has 12 heteroatoms.